The molecule has 0 unspecified atom stereocenters. The highest BCUT2D eigenvalue weighted by atomic mass is 16.2. The van der Waals surface area contributed by atoms with Crippen LogP contribution in [0.3, 0.4) is 0 Å². The third-order valence-corrected chi connectivity index (χ3v) is 5.46. The Bertz CT molecular complexity index is 343. The Labute approximate surface area is 135 Å². The summed E-state index contributed by atoms with van der Waals surface area (Å²) in [5.74, 6) is 0.347. The van der Waals surface area contributed by atoms with Crippen molar-refractivity contribution in [3.05, 3.63) is 0 Å². The van der Waals surface area contributed by atoms with Crippen LogP contribution in [0.2, 0.25) is 0 Å². The predicted octanol–water partition coefficient (Wildman–Crippen LogP) is 0.712. The number of likely N-dealkylation sites (tertiary alicyclic amines) is 2. The lowest BCUT2D eigenvalue weighted by Crippen LogP contribution is -2.51. The number of hydrogen-bond donors (Lipinski definition) is 0. The maximum absolute atomic E-state index is 12.2. The zero-order valence-electron chi connectivity index (χ0n) is 14.0. The van der Waals surface area contributed by atoms with Gasteiger partial charge in [0.2, 0.25) is 5.91 Å². The summed E-state index contributed by atoms with van der Waals surface area (Å²) >= 11 is 0. The molecule has 126 valence electrons. The van der Waals surface area contributed by atoms with Crippen molar-refractivity contribution in [2.24, 2.45) is 0 Å². The summed E-state index contributed by atoms with van der Waals surface area (Å²) in [6, 6.07) is 0. The lowest BCUT2D eigenvalue weighted by atomic mass is 10.1. The van der Waals surface area contributed by atoms with Crippen molar-refractivity contribution in [2.75, 3.05) is 72.0 Å². The van der Waals surface area contributed by atoms with Gasteiger partial charge >= 0.3 is 0 Å². The first kappa shape index (κ1) is 16.2. The molecular weight excluding hydrogens is 276 g/mol. The average Bonchev–Trinajstić information content (AvgIpc) is 3.10. The highest BCUT2D eigenvalue weighted by Crippen LogP contribution is 2.10. The molecule has 0 atom stereocenters. The molecule has 0 aromatic carbocycles. The lowest BCUT2D eigenvalue weighted by molar-refractivity contribution is -0.131. The van der Waals surface area contributed by atoms with Crippen LogP contribution >= 0.6 is 0 Å². The van der Waals surface area contributed by atoms with E-state index < -0.39 is 0 Å². The van der Waals surface area contributed by atoms with E-state index in [-0.39, 0.29) is 0 Å². The summed E-state index contributed by atoms with van der Waals surface area (Å²) in [4.78, 5) is 21.8. The van der Waals surface area contributed by atoms with Gasteiger partial charge in [-0.15, -0.1) is 0 Å². The number of amides is 1. The zero-order valence-corrected chi connectivity index (χ0v) is 14.0. The molecule has 22 heavy (non-hydrogen) atoms. The van der Waals surface area contributed by atoms with Crippen LogP contribution in [0.5, 0.6) is 0 Å². The van der Waals surface area contributed by atoms with Crippen molar-refractivity contribution >= 4 is 5.91 Å². The van der Waals surface area contributed by atoms with Gasteiger partial charge in [-0.1, -0.05) is 6.42 Å². The topological polar surface area (TPSA) is 30.0 Å². The van der Waals surface area contributed by atoms with Gasteiger partial charge in [0.15, 0.2) is 0 Å². The van der Waals surface area contributed by atoms with Gasteiger partial charge < -0.3 is 9.80 Å². The fourth-order valence-corrected chi connectivity index (χ4v) is 3.89. The third kappa shape index (κ3) is 4.67. The molecule has 1 amide bonds. The van der Waals surface area contributed by atoms with Crippen LogP contribution in [0.4, 0.5) is 0 Å². The molecule has 0 radical (unpaired) electrons. The van der Waals surface area contributed by atoms with E-state index in [0.29, 0.717) is 12.5 Å². The van der Waals surface area contributed by atoms with Gasteiger partial charge in [-0.05, 0) is 38.8 Å². The summed E-state index contributed by atoms with van der Waals surface area (Å²) in [5.41, 5.74) is 0. The van der Waals surface area contributed by atoms with Crippen molar-refractivity contribution in [3.8, 4) is 0 Å². The second-order valence-corrected chi connectivity index (χ2v) is 7.11. The minimum Gasteiger partial charge on any atom is -0.342 e. The monoisotopic (exact) mass is 308 g/mol. The molecule has 0 aromatic rings. The number of carbonyl (C=O) groups is 1. The number of piperidine rings is 1. The Morgan fingerprint density at radius 2 is 1.09 bits per heavy atom. The lowest BCUT2D eigenvalue weighted by Gasteiger charge is -2.36. The second kappa shape index (κ2) is 8.27. The van der Waals surface area contributed by atoms with Gasteiger partial charge in [-0.3, -0.25) is 14.6 Å². The maximum Gasteiger partial charge on any atom is 0.236 e. The molecule has 0 aromatic heterocycles. The molecule has 3 aliphatic rings. The Hall–Kier alpha value is -0.650. The number of nitrogens with zero attached hydrogens (tertiary/aromatic N) is 4. The van der Waals surface area contributed by atoms with E-state index in [1.807, 2.05) is 4.90 Å². The smallest absolute Gasteiger partial charge is 0.236 e. The van der Waals surface area contributed by atoms with Gasteiger partial charge in [-0.2, -0.15) is 0 Å². The molecule has 0 bridgehead atoms. The number of piperazine rings is 1. The normalized spacial score (nSPS) is 25.7. The van der Waals surface area contributed by atoms with Crippen molar-refractivity contribution in [2.45, 2.75) is 32.1 Å². The molecule has 5 heteroatoms. The Morgan fingerprint density at radius 1 is 0.591 bits per heavy atom. The molecule has 3 aliphatic heterocycles. The SMILES string of the molecule is O=C(CN1CCN(CCN2CCCCC2)CC1)N1CCCC1. The van der Waals surface area contributed by atoms with E-state index in [4.69, 9.17) is 0 Å². The van der Waals surface area contributed by atoms with Crippen molar-refractivity contribution in [1.82, 2.24) is 19.6 Å². The van der Waals surface area contributed by atoms with Crippen LogP contribution < -0.4 is 0 Å². The molecule has 0 N–H and O–H groups in total. The molecular formula is C17H32N4O. The van der Waals surface area contributed by atoms with E-state index in [0.717, 1.165) is 39.3 Å². The van der Waals surface area contributed by atoms with E-state index in [1.165, 1.54) is 58.3 Å². The Morgan fingerprint density at radius 3 is 1.73 bits per heavy atom. The first-order valence-electron chi connectivity index (χ1n) is 9.26. The molecule has 5 nitrogen and oxygen atoms in total. The average molecular weight is 308 g/mol. The summed E-state index contributed by atoms with van der Waals surface area (Å²) in [6.07, 6.45) is 6.56. The van der Waals surface area contributed by atoms with E-state index in [2.05, 4.69) is 14.7 Å². The van der Waals surface area contributed by atoms with Crippen LogP contribution in [0.25, 0.3) is 0 Å². The second-order valence-electron chi connectivity index (χ2n) is 7.11. The first-order chi connectivity index (χ1) is 10.8. The molecule has 0 saturated carbocycles. The van der Waals surface area contributed by atoms with Crippen LogP contribution in [-0.4, -0.2) is 97.5 Å². The van der Waals surface area contributed by atoms with Gasteiger partial charge in [0.25, 0.3) is 0 Å². The van der Waals surface area contributed by atoms with Gasteiger partial charge in [0.1, 0.15) is 0 Å². The number of rotatable bonds is 5. The van der Waals surface area contributed by atoms with Crippen molar-refractivity contribution < 1.29 is 4.79 Å². The van der Waals surface area contributed by atoms with Crippen molar-refractivity contribution in [1.29, 1.82) is 0 Å². The standard InChI is InChI=1S/C17H32N4O/c22-17(21-8-4-5-9-21)16-20-14-12-19(13-15-20)11-10-18-6-2-1-3-7-18/h1-16H2. The molecule has 0 aliphatic carbocycles. The van der Waals surface area contributed by atoms with Crippen LogP contribution in [-0.2, 0) is 4.79 Å². The largest absolute Gasteiger partial charge is 0.342 e. The fourth-order valence-electron chi connectivity index (χ4n) is 3.89. The summed E-state index contributed by atoms with van der Waals surface area (Å²) < 4.78 is 0. The molecule has 3 heterocycles. The summed E-state index contributed by atoms with van der Waals surface area (Å²) in [7, 11) is 0. The third-order valence-electron chi connectivity index (χ3n) is 5.46. The maximum atomic E-state index is 12.2. The quantitative estimate of drug-likeness (QED) is 0.748. The van der Waals surface area contributed by atoms with E-state index >= 15 is 0 Å². The molecule has 3 rings (SSSR count). The van der Waals surface area contributed by atoms with Crippen LogP contribution in [0.15, 0.2) is 0 Å². The number of carbonyl (C=O) groups excluding carboxylic acids is 1. The minimum atomic E-state index is 0.347. The van der Waals surface area contributed by atoms with E-state index in [1.54, 1.807) is 0 Å². The van der Waals surface area contributed by atoms with Crippen molar-refractivity contribution in [3.63, 3.8) is 0 Å². The predicted molar refractivity (Wildman–Crippen MR) is 89.0 cm³/mol. The summed E-state index contributed by atoms with van der Waals surface area (Å²) in [6.45, 7) is 12.0. The summed E-state index contributed by atoms with van der Waals surface area (Å²) in [5, 5.41) is 0. The highest BCUT2D eigenvalue weighted by Gasteiger charge is 2.23. The fraction of sp³-hybridized carbons (Fsp3) is 0.941. The van der Waals surface area contributed by atoms with Crippen LogP contribution in [0.1, 0.15) is 32.1 Å². The molecule has 3 fully saturated rings. The van der Waals surface area contributed by atoms with Crippen LogP contribution in [0, 0.1) is 0 Å². The Balaban J connectivity index is 1.31. The van der Waals surface area contributed by atoms with Gasteiger partial charge in [-0.25, -0.2) is 0 Å². The molecule has 3 saturated heterocycles. The zero-order chi connectivity index (χ0) is 15.2. The number of hydrogen-bond acceptors (Lipinski definition) is 4. The van der Waals surface area contributed by atoms with E-state index in [9.17, 15) is 4.79 Å². The Kier molecular flexibility index (Phi) is 6.10. The first-order valence-corrected chi connectivity index (χ1v) is 9.26. The highest BCUT2D eigenvalue weighted by molar-refractivity contribution is 5.78. The minimum absolute atomic E-state index is 0.347. The van der Waals surface area contributed by atoms with Gasteiger partial charge in [0, 0.05) is 52.4 Å². The van der Waals surface area contributed by atoms with Gasteiger partial charge in [0.05, 0.1) is 6.54 Å². The molecule has 0 spiro atoms.